The predicted octanol–water partition coefficient (Wildman–Crippen LogP) is 0.534. The number of hydrogen-bond acceptors (Lipinski definition) is 4. The summed E-state index contributed by atoms with van der Waals surface area (Å²) in [6.45, 7) is 7.60. The second-order valence-electron chi connectivity index (χ2n) is 5.60. The smallest absolute Gasteiger partial charge is 0.242 e. The molecule has 96 valence electrons. The molecule has 0 aromatic rings. The molecule has 0 saturated carbocycles. The molecular formula is C12H20N2O3. The van der Waals surface area contributed by atoms with Crippen molar-refractivity contribution in [2.24, 2.45) is 5.41 Å². The van der Waals surface area contributed by atoms with Crippen molar-refractivity contribution in [2.45, 2.75) is 39.4 Å². The van der Waals surface area contributed by atoms with Gasteiger partial charge in [-0.1, -0.05) is 0 Å². The molecule has 1 unspecified atom stereocenters. The topological polar surface area (TPSA) is 73.6 Å². The Balaban J connectivity index is 2.85. The lowest BCUT2D eigenvalue weighted by Gasteiger charge is -2.43. The molecule has 1 heterocycles. The first-order valence-electron chi connectivity index (χ1n) is 5.71. The van der Waals surface area contributed by atoms with Crippen LogP contribution in [0.1, 0.15) is 27.7 Å². The maximum atomic E-state index is 12.2. The zero-order chi connectivity index (χ0) is 13.3. The van der Waals surface area contributed by atoms with Crippen LogP contribution in [-0.2, 0) is 9.53 Å². The summed E-state index contributed by atoms with van der Waals surface area (Å²) >= 11 is 0. The Labute approximate surface area is 102 Å². The number of aliphatic hydroxyl groups is 1. The van der Waals surface area contributed by atoms with Gasteiger partial charge in [0.25, 0.3) is 0 Å². The molecule has 1 rings (SSSR count). The van der Waals surface area contributed by atoms with Crippen LogP contribution in [0, 0.1) is 16.7 Å². The van der Waals surface area contributed by atoms with Crippen LogP contribution in [0.4, 0.5) is 0 Å². The summed E-state index contributed by atoms with van der Waals surface area (Å²) in [6.07, 6.45) is -0.378. The van der Waals surface area contributed by atoms with E-state index in [0.29, 0.717) is 13.1 Å². The normalized spacial score (nSPS) is 24.2. The molecule has 0 radical (unpaired) electrons. The van der Waals surface area contributed by atoms with Gasteiger partial charge >= 0.3 is 0 Å². The van der Waals surface area contributed by atoms with E-state index in [-0.39, 0.29) is 18.6 Å². The first kappa shape index (κ1) is 13.9. The Morgan fingerprint density at radius 2 is 2.24 bits per heavy atom. The standard InChI is InChI=1S/C12H20N2O3/c1-11(2,7-13)10(16)14-5-9(6-15)17-12(3,4)8-14/h9,15H,5-6,8H2,1-4H3. The second kappa shape index (κ2) is 4.63. The highest BCUT2D eigenvalue weighted by Crippen LogP contribution is 2.25. The highest BCUT2D eigenvalue weighted by molar-refractivity contribution is 5.84. The van der Waals surface area contributed by atoms with E-state index in [1.54, 1.807) is 18.7 Å². The van der Waals surface area contributed by atoms with Crippen molar-refractivity contribution < 1.29 is 14.6 Å². The summed E-state index contributed by atoms with van der Waals surface area (Å²) in [7, 11) is 0. The molecule has 1 fully saturated rings. The lowest BCUT2D eigenvalue weighted by Crippen LogP contribution is -2.57. The minimum atomic E-state index is -1.03. The number of amides is 1. The molecule has 0 aromatic heterocycles. The molecule has 1 aliphatic heterocycles. The van der Waals surface area contributed by atoms with Crippen molar-refractivity contribution in [2.75, 3.05) is 19.7 Å². The second-order valence-corrected chi connectivity index (χ2v) is 5.60. The van der Waals surface area contributed by atoms with Crippen LogP contribution in [0.25, 0.3) is 0 Å². The molecule has 1 aliphatic rings. The van der Waals surface area contributed by atoms with Gasteiger partial charge in [-0.2, -0.15) is 5.26 Å². The zero-order valence-corrected chi connectivity index (χ0v) is 10.9. The molecule has 0 aliphatic carbocycles. The number of nitriles is 1. The van der Waals surface area contributed by atoms with Crippen LogP contribution < -0.4 is 0 Å². The number of hydrogen-bond donors (Lipinski definition) is 1. The first-order valence-corrected chi connectivity index (χ1v) is 5.71. The molecule has 1 saturated heterocycles. The van der Waals surface area contributed by atoms with Crippen LogP contribution in [0.5, 0.6) is 0 Å². The maximum absolute atomic E-state index is 12.2. The van der Waals surface area contributed by atoms with E-state index in [1.165, 1.54) is 0 Å². The molecule has 5 nitrogen and oxygen atoms in total. The van der Waals surface area contributed by atoms with Gasteiger partial charge in [-0.15, -0.1) is 0 Å². The summed E-state index contributed by atoms with van der Waals surface area (Å²) in [5, 5.41) is 18.1. The Bertz CT molecular complexity index is 344. The highest BCUT2D eigenvalue weighted by Gasteiger charge is 2.40. The SMILES string of the molecule is CC1(C)CN(C(=O)C(C)(C)C#N)CC(CO)O1. The van der Waals surface area contributed by atoms with Gasteiger partial charge in [0, 0.05) is 13.1 Å². The quantitative estimate of drug-likeness (QED) is 0.764. The number of morpholine rings is 1. The monoisotopic (exact) mass is 240 g/mol. The van der Waals surface area contributed by atoms with E-state index in [0.717, 1.165) is 0 Å². The number of carbonyl (C=O) groups excluding carboxylic acids is 1. The summed E-state index contributed by atoms with van der Waals surface area (Å²) in [4.78, 5) is 13.8. The average molecular weight is 240 g/mol. The van der Waals surface area contributed by atoms with Gasteiger partial charge < -0.3 is 14.7 Å². The van der Waals surface area contributed by atoms with Crippen molar-refractivity contribution in [3.05, 3.63) is 0 Å². The molecule has 1 N–H and O–H groups in total. The van der Waals surface area contributed by atoms with Crippen molar-refractivity contribution in [1.29, 1.82) is 5.26 Å². The minimum Gasteiger partial charge on any atom is -0.394 e. The van der Waals surface area contributed by atoms with Gasteiger partial charge in [0.2, 0.25) is 5.91 Å². The maximum Gasteiger partial charge on any atom is 0.242 e. The largest absolute Gasteiger partial charge is 0.394 e. The average Bonchev–Trinajstić information content (AvgIpc) is 2.25. The fourth-order valence-corrected chi connectivity index (χ4v) is 1.99. The summed E-state index contributed by atoms with van der Waals surface area (Å²) in [5.74, 6) is -0.213. The van der Waals surface area contributed by atoms with Crippen molar-refractivity contribution in [3.63, 3.8) is 0 Å². The summed E-state index contributed by atoms with van der Waals surface area (Å²) in [6, 6.07) is 2.00. The number of carbonyl (C=O) groups is 1. The lowest BCUT2D eigenvalue weighted by molar-refractivity contribution is -0.171. The first-order chi connectivity index (χ1) is 7.72. The minimum absolute atomic E-state index is 0.125. The molecule has 1 amide bonds. The van der Waals surface area contributed by atoms with Gasteiger partial charge in [-0.3, -0.25) is 4.79 Å². The van der Waals surface area contributed by atoms with Crippen molar-refractivity contribution in [1.82, 2.24) is 4.90 Å². The molecule has 0 spiro atoms. The molecule has 0 aromatic carbocycles. The van der Waals surface area contributed by atoms with E-state index >= 15 is 0 Å². The van der Waals surface area contributed by atoms with Gasteiger partial charge in [0.1, 0.15) is 5.41 Å². The summed E-state index contributed by atoms with van der Waals surface area (Å²) < 4.78 is 5.62. The Kier molecular flexibility index (Phi) is 3.80. The number of rotatable bonds is 2. The van der Waals surface area contributed by atoms with Crippen LogP contribution >= 0.6 is 0 Å². The fourth-order valence-electron chi connectivity index (χ4n) is 1.99. The van der Waals surface area contributed by atoms with E-state index < -0.39 is 11.0 Å². The Morgan fingerprint density at radius 1 is 1.65 bits per heavy atom. The third kappa shape index (κ3) is 3.18. The number of ether oxygens (including phenoxy) is 1. The third-order valence-corrected chi connectivity index (χ3v) is 2.79. The number of nitrogens with zero attached hydrogens (tertiary/aromatic N) is 2. The van der Waals surface area contributed by atoms with Crippen molar-refractivity contribution in [3.8, 4) is 6.07 Å². The molecule has 0 bridgehead atoms. The van der Waals surface area contributed by atoms with Crippen molar-refractivity contribution >= 4 is 5.91 Å². The number of aliphatic hydroxyl groups excluding tert-OH is 1. The van der Waals surface area contributed by atoms with Crippen LogP contribution in [0.3, 0.4) is 0 Å². The molecule has 17 heavy (non-hydrogen) atoms. The Morgan fingerprint density at radius 3 is 2.71 bits per heavy atom. The van der Waals surface area contributed by atoms with Gasteiger partial charge in [0.15, 0.2) is 0 Å². The molecule has 5 heteroatoms. The zero-order valence-electron chi connectivity index (χ0n) is 10.9. The van der Waals surface area contributed by atoms with E-state index in [4.69, 9.17) is 15.1 Å². The highest BCUT2D eigenvalue weighted by atomic mass is 16.5. The van der Waals surface area contributed by atoms with Gasteiger partial charge in [-0.05, 0) is 27.7 Å². The van der Waals surface area contributed by atoms with E-state index in [1.807, 2.05) is 19.9 Å². The summed E-state index contributed by atoms with van der Waals surface area (Å²) in [5.41, 5.74) is -1.53. The van der Waals surface area contributed by atoms with Crippen LogP contribution in [-0.4, -0.2) is 47.3 Å². The molecule has 1 atom stereocenters. The van der Waals surface area contributed by atoms with Gasteiger partial charge in [-0.25, -0.2) is 0 Å². The van der Waals surface area contributed by atoms with E-state index in [2.05, 4.69) is 0 Å². The van der Waals surface area contributed by atoms with Crippen LogP contribution in [0.2, 0.25) is 0 Å². The predicted molar refractivity (Wildman–Crippen MR) is 62.0 cm³/mol. The molecular weight excluding hydrogens is 220 g/mol. The lowest BCUT2D eigenvalue weighted by atomic mass is 9.92. The fraction of sp³-hybridized carbons (Fsp3) is 0.833. The third-order valence-electron chi connectivity index (χ3n) is 2.79. The van der Waals surface area contributed by atoms with Crippen LogP contribution in [0.15, 0.2) is 0 Å². The van der Waals surface area contributed by atoms with E-state index in [9.17, 15) is 4.79 Å². The van der Waals surface area contributed by atoms with Gasteiger partial charge in [0.05, 0.1) is 24.4 Å². The Hall–Kier alpha value is -1.12.